The summed E-state index contributed by atoms with van der Waals surface area (Å²) in [5, 5.41) is 0. The monoisotopic (exact) mass is 273 g/mol. The summed E-state index contributed by atoms with van der Waals surface area (Å²) in [6.07, 6.45) is 1.90. The highest BCUT2D eigenvalue weighted by Crippen LogP contribution is 2.29. The van der Waals surface area contributed by atoms with Crippen LogP contribution < -0.4 is 5.73 Å². The molecule has 0 heterocycles. The zero-order valence-electron chi connectivity index (χ0n) is 9.19. The summed E-state index contributed by atoms with van der Waals surface area (Å²) in [4.78, 5) is 0. The van der Waals surface area contributed by atoms with Crippen LogP contribution in [0, 0.1) is 11.2 Å². The van der Waals surface area contributed by atoms with E-state index in [1.165, 1.54) is 12.1 Å². The summed E-state index contributed by atoms with van der Waals surface area (Å²) >= 11 is 3.38. The van der Waals surface area contributed by atoms with Crippen molar-refractivity contribution in [2.45, 2.75) is 26.7 Å². The smallest absolute Gasteiger partial charge is 0.124 e. The summed E-state index contributed by atoms with van der Waals surface area (Å²) in [5.41, 5.74) is 6.97. The molecule has 0 aliphatic carbocycles. The van der Waals surface area contributed by atoms with Crippen molar-refractivity contribution >= 4 is 15.9 Å². The molecule has 0 bridgehead atoms. The van der Waals surface area contributed by atoms with Gasteiger partial charge in [-0.05, 0) is 42.5 Å². The van der Waals surface area contributed by atoms with Crippen LogP contribution in [0.3, 0.4) is 0 Å². The third-order valence-corrected chi connectivity index (χ3v) is 3.72. The van der Waals surface area contributed by atoms with Crippen molar-refractivity contribution in [3.63, 3.8) is 0 Å². The average molecular weight is 274 g/mol. The molecule has 0 aliphatic heterocycles. The largest absolute Gasteiger partial charge is 0.330 e. The van der Waals surface area contributed by atoms with E-state index in [1.807, 2.05) is 6.07 Å². The van der Waals surface area contributed by atoms with Crippen LogP contribution in [0.25, 0.3) is 0 Å². The van der Waals surface area contributed by atoms with Gasteiger partial charge in [0.05, 0.1) is 0 Å². The summed E-state index contributed by atoms with van der Waals surface area (Å²) in [5.74, 6) is -0.212. The van der Waals surface area contributed by atoms with Crippen LogP contribution in [0.15, 0.2) is 22.7 Å². The van der Waals surface area contributed by atoms with Gasteiger partial charge < -0.3 is 5.73 Å². The Balaban J connectivity index is 2.89. The third-order valence-electron chi connectivity index (χ3n) is 2.98. The Kier molecular flexibility index (Phi) is 4.29. The van der Waals surface area contributed by atoms with Gasteiger partial charge >= 0.3 is 0 Å². The predicted octanol–water partition coefficient (Wildman–Crippen LogP) is 3.51. The van der Waals surface area contributed by atoms with E-state index >= 15 is 0 Å². The molecule has 1 nitrogen and oxygen atoms in total. The molecule has 0 fully saturated rings. The molecular formula is C12H17BrFN. The minimum Gasteiger partial charge on any atom is -0.330 e. The Bertz CT molecular complexity index is 334. The van der Waals surface area contributed by atoms with Crippen molar-refractivity contribution in [1.82, 2.24) is 0 Å². The first-order valence-electron chi connectivity index (χ1n) is 5.15. The highest BCUT2D eigenvalue weighted by Gasteiger charge is 2.21. The van der Waals surface area contributed by atoms with Crippen molar-refractivity contribution in [2.24, 2.45) is 11.1 Å². The number of halogens is 2. The number of rotatable bonds is 4. The summed E-state index contributed by atoms with van der Waals surface area (Å²) in [7, 11) is 0. The molecule has 0 spiro atoms. The highest BCUT2D eigenvalue weighted by molar-refractivity contribution is 9.10. The van der Waals surface area contributed by atoms with Crippen LogP contribution in [-0.2, 0) is 6.42 Å². The van der Waals surface area contributed by atoms with Crippen molar-refractivity contribution in [2.75, 3.05) is 6.54 Å². The fraction of sp³-hybridized carbons (Fsp3) is 0.500. The second-order valence-corrected chi connectivity index (χ2v) is 5.14. The molecule has 1 unspecified atom stereocenters. The molecule has 84 valence electrons. The van der Waals surface area contributed by atoms with E-state index in [4.69, 9.17) is 5.73 Å². The van der Waals surface area contributed by atoms with E-state index in [0.717, 1.165) is 22.9 Å². The Morgan fingerprint density at radius 1 is 1.47 bits per heavy atom. The van der Waals surface area contributed by atoms with Gasteiger partial charge in [-0.25, -0.2) is 4.39 Å². The van der Waals surface area contributed by atoms with Gasteiger partial charge in [-0.2, -0.15) is 0 Å². The average Bonchev–Trinajstić information content (AvgIpc) is 2.22. The maximum Gasteiger partial charge on any atom is 0.124 e. The second kappa shape index (κ2) is 5.08. The van der Waals surface area contributed by atoms with Crippen molar-refractivity contribution < 1.29 is 4.39 Å². The van der Waals surface area contributed by atoms with E-state index in [2.05, 4.69) is 29.8 Å². The molecule has 1 rings (SSSR count). The van der Waals surface area contributed by atoms with Gasteiger partial charge in [0.15, 0.2) is 0 Å². The van der Waals surface area contributed by atoms with Crippen molar-refractivity contribution in [3.8, 4) is 0 Å². The number of hydrogen-bond acceptors (Lipinski definition) is 1. The molecular weight excluding hydrogens is 257 g/mol. The van der Waals surface area contributed by atoms with E-state index in [0.29, 0.717) is 6.54 Å². The van der Waals surface area contributed by atoms with Gasteiger partial charge in [-0.3, -0.25) is 0 Å². The SMILES string of the molecule is CCC(C)(CN)Cc1ccc(F)cc1Br. The lowest BCUT2D eigenvalue weighted by molar-refractivity contribution is 0.320. The van der Waals surface area contributed by atoms with Crippen LogP contribution in [0.2, 0.25) is 0 Å². The fourth-order valence-electron chi connectivity index (χ4n) is 1.47. The van der Waals surface area contributed by atoms with E-state index in [1.54, 1.807) is 0 Å². The Labute approximate surface area is 99.0 Å². The maximum atomic E-state index is 12.9. The molecule has 15 heavy (non-hydrogen) atoms. The molecule has 3 heteroatoms. The van der Waals surface area contributed by atoms with Crippen molar-refractivity contribution in [3.05, 3.63) is 34.1 Å². The number of nitrogens with two attached hydrogens (primary N) is 1. The Morgan fingerprint density at radius 3 is 2.60 bits per heavy atom. The van der Waals surface area contributed by atoms with Crippen LogP contribution in [0.4, 0.5) is 4.39 Å². The first-order valence-corrected chi connectivity index (χ1v) is 5.94. The minimum atomic E-state index is -0.212. The third kappa shape index (κ3) is 3.28. The van der Waals surface area contributed by atoms with E-state index in [-0.39, 0.29) is 11.2 Å². The van der Waals surface area contributed by atoms with E-state index < -0.39 is 0 Å². The Hall–Kier alpha value is -0.410. The molecule has 0 amide bonds. The lowest BCUT2D eigenvalue weighted by Crippen LogP contribution is -2.28. The van der Waals surface area contributed by atoms with Crippen molar-refractivity contribution in [1.29, 1.82) is 0 Å². The fourth-order valence-corrected chi connectivity index (χ4v) is 1.96. The molecule has 2 N–H and O–H groups in total. The molecule has 1 aromatic rings. The van der Waals surface area contributed by atoms with Crippen LogP contribution in [-0.4, -0.2) is 6.54 Å². The lowest BCUT2D eigenvalue weighted by Gasteiger charge is -2.26. The standard InChI is InChI=1S/C12H17BrFN/c1-3-12(2,8-15)7-9-4-5-10(14)6-11(9)13/h4-6H,3,7-8,15H2,1-2H3. The van der Waals surface area contributed by atoms with Gasteiger partial charge in [0, 0.05) is 4.47 Å². The summed E-state index contributed by atoms with van der Waals surface area (Å²) in [6, 6.07) is 4.82. The van der Waals surface area contributed by atoms with Gasteiger partial charge in [-0.1, -0.05) is 35.8 Å². The normalized spacial score (nSPS) is 15.0. The first-order chi connectivity index (χ1) is 7.00. The molecule has 0 saturated heterocycles. The topological polar surface area (TPSA) is 26.0 Å². The van der Waals surface area contributed by atoms with Gasteiger partial charge in [-0.15, -0.1) is 0 Å². The van der Waals surface area contributed by atoms with Crippen LogP contribution >= 0.6 is 15.9 Å². The number of hydrogen-bond donors (Lipinski definition) is 1. The molecule has 0 aliphatic rings. The quantitative estimate of drug-likeness (QED) is 0.893. The first kappa shape index (κ1) is 12.7. The molecule has 0 saturated carbocycles. The Morgan fingerprint density at radius 2 is 2.13 bits per heavy atom. The van der Waals surface area contributed by atoms with Gasteiger partial charge in [0.25, 0.3) is 0 Å². The lowest BCUT2D eigenvalue weighted by atomic mass is 9.81. The van der Waals surface area contributed by atoms with E-state index in [9.17, 15) is 4.39 Å². The maximum absolute atomic E-state index is 12.9. The summed E-state index contributed by atoms with van der Waals surface area (Å²) < 4.78 is 13.7. The molecule has 1 atom stereocenters. The minimum absolute atomic E-state index is 0.0976. The number of benzene rings is 1. The second-order valence-electron chi connectivity index (χ2n) is 4.28. The summed E-state index contributed by atoms with van der Waals surface area (Å²) in [6.45, 7) is 4.93. The van der Waals surface area contributed by atoms with Gasteiger partial charge in [0.1, 0.15) is 5.82 Å². The molecule has 1 aromatic carbocycles. The van der Waals surface area contributed by atoms with Crippen LogP contribution in [0.5, 0.6) is 0 Å². The zero-order chi connectivity index (χ0) is 11.5. The van der Waals surface area contributed by atoms with Crippen LogP contribution in [0.1, 0.15) is 25.8 Å². The zero-order valence-corrected chi connectivity index (χ0v) is 10.8. The van der Waals surface area contributed by atoms with Gasteiger partial charge in [0.2, 0.25) is 0 Å². The highest BCUT2D eigenvalue weighted by atomic mass is 79.9. The molecule has 0 aromatic heterocycles. The molecule has 0 radical (unpaired) electrons. The predicted molar refractivity (Wildman–Crippen MR) is 65.3 cm³/mol.